The van der Waals surface area contributed by atoms with Gasteiger partial charge in [0.2, 0.25) is 0 Å². The standard InChI is InChI=1S/C10H18O4/c1-6-8-9(12-4)10(14-6,5-13-8)7(2)11-3/h6-9H,5H2,1-4H3/t6-,7?,8+,9?,10+/m0/s1. The lowest BCUT2D eigenvalue weighted by molar-refractivity contribution is -0.187. The van der Waals surface area contributed by atoms with Gasteiger partial charge in [-0.25, -0.2) is 0 Å². The summed E-state index contributed by atoms with van der Waals surface area (Å²) >= 11 is 0. The second-order valence-electron chi connectivity index (χ2n) is 4.09. The van der Waals surface area contributed by atoms with Crippen molar-refractivity contribution in [1.82, 2.24) is 0 Å². The maximum absolute atomic E-state index is 5.93. The van der Waals surface area contributed by atoms with Crippen LogP contribution in [0.4, 0.5) is 0 Å². The van der Waals surface area contributed by atoms with E-state index in [0.717, 1.165) is 0 Å². The van der Waals surface area contributed by atoms with Crippen molar-refractivity contribution in [3.05, 3.63) is 0 Å². The van der Waals surface area contributed by atoms with E-state index in [1.807, 2.05) is 13.8 Å². The first-order chi connectivity index (χ1) is 6.65. The van der Waals surface area contributed by atoms with Gasteiger partial charge in [-0.3, -0.25) is 0 Å². The number of hydrogen-bond donors (Lipinski definition) is 0. The maximum Gasteiger partial charge on any atom is 0.146 e. The van der Waals surface area contributed by atoms with Crippen molar-refractivity contribution in [2.45, 2.75) is 43.9 Å². The van der Waals surface area contributed by atoms with Crippen LogP contribution in [-0.2, 0) is 18.9 Å². The third kappa shape index (κ3) is 1.15. The summed E-state index contributed by atoms with van der Waals surface area (Å²) in [7, 11) is 3.39. The lowest BCUT2D eigenvalue weighted by atomic mass is 9.93. The number of rotatable bonds is 3. The van der Waals surface area contributed by atoms with Gasteiger partial charge in [0.05, 0.1) is 18.8 Å². The van der Waals surface area contributed by atoms with Crippen LogP contribution in [-0.4, -0.2) is 50.8 Å². The molecule has 5 atom stereocenters. The van der Waals surface area contributed by atoms with Crippen LogP contribution in [0, 0.1) is 0 Å². The van der Waals surface area contributed by atoms with Crippen LogP contribution in [0.5, 0.6) is 0 Å². The molecule has 0 saturated carbocycles. The Kier molecular flexibility index (Phi) is 2.55. The Morgan fingerprint density at radius 1 is 1.43 bits per heavy atom. The fourth-order valence-electron chi connectivity index (χ4n) is 2.55. The van der Waals surface area contributed by atoms with Crippen LogP contribution in [0.25, 0.3) is 0 Å². The number of ether oxygens (including phenoxy) is 4. The molecule has 2 saturated heterocycles. The predicted molar refractivity (Wildman–Crippen MR) is 50.3 cm³/mol. The van der Waals surface area contributed by atoms with Gasteiger partial charge >= 0.3 is 0 Å². The Bertz CT molecular complexity index is 220. The van der Waals surface area contributed by atoms with Crippen molar-refractivity contribution in [3.63, 3.8) is 0 Å². The minimum absolute atomic E-state index is 0.00699. The zero-order chi connectivity index (χ0) is 10.3. The van der Waals surface area contributed by atoms with E-state index >= 15 is 0 Å². The van der Waals surface area contributed by atoms with Crippen molar-refractivity contribution in [1.29, 1.82) is 0 Å². The molecule has 2 aliphatic rings. The molecule has 2 bridgehead atoms. The van der Waals surface area contributed by atoms with Crippen LogP contribution in [0.15, 0.2) is 0 Å². The molecule has 0 N–H and O–H groups in total. The summed E-state index contributed by atoms with van der Waals surface area (Å²) in [5, 5.41) is 0. The summed E-state index contributed by atoms with van der Waals surface area (Å²) < 4.78 is 22.4. The minimum atomic E-state index is -0.409. The maximum atomic E-state index is 5.93. The third-order valence-corrected chi connectivity index (χ3v) is 3.44. The van der Waals surface area contributed by atoms with Gasteiger partial charge in [0.15, 0.2) is 0 Å². The molecule has 2 unspecified atom stereocenters. The summed E-state index contributed by atoms with van der Waals surface area (Å²) in [4.78, 5) is 0. The summed E-state index contributed by atoms with van der Waals surface area (Å²) in [6.07, 6.45) is 0.124. The van der Waals surface area contributed by atoms with Gasteiger partial charge in [-0.2, -0.15) is 0 Å². The van der Waals surface area contributed by atoms with Crippen molar-refractivity contribution in [3.8, 4) is 0 Å². The molecule has 4 heteroatoms. The summed E-state index contributed by atoms with van der Waals surface area (Å²) in [5.74, 6) is 0. The van der Waals surface area contributed by atoms with Gasteiger partial charge in [0.1, 0.15) is 17.8 Å². The number of fused-ring (bicyclic) bond motifs is 2. The van der Waals surface area contributed by atoms with Crippen LogP contribution in [0.2, 0.25) is 0 Å². The largest absolute Gasteiger partial charge is 0.379 e. The average molecular weight is 202 g/mol. The molecule has 0 aromatic heterocycles. The number of methoxy groups -OCH3 is 2. The van der Waals surface area contributed by atoms with Crippen molar-refractivity contribution >= 4 is 0 Å². The highest BCUT2D eigenvalue weighted by molar-refractivity contribution is 5.10. The molecule has 82 valence electrons. The van der Waals surface area contributed by atoms with Gasteiger partial charge in [-0.15, -0.1) is 0 Å². The Morgan fingerprint density at radius 3 is 2.64 bits per heavy atom. The van der Waals surface area contributed by atoms with Crippen LogP contribution in [0.3, 0.4) is 0 Å². The molecular formula is C10H18O4. The molecule has 2 aliphatic heterocycles. The van der Waals surface area contributed by atoms with Crippen molar-refractivity contribution in [2.75, 3.05) is 20.8 Å². The van der Waals surface area contributed by atoms with E-state index in [2.05, 4.69) is 0 Å². The average Bonchev–Trinajstić information content (AvgIpc) is 2.68. The quantitative estimate of drug-likeness (QED) is 0.671. The second kappa shape index (κ2) is 3.45. The lowest BCUT2D eigenvalue weighted by Crippen LogP contribution is -2.51. The highest BCUT2D eigenvalue weighted by Gasteiger charge is 2.63. The molecule has 14 heavy (non-hydrogen) atoms. The van der Waals surface area contributed by atoms with Gasteiger partial charge in [-0.05, 0) is 13.8 Å². The normalized spacial score (nSPS) is 48.4. The van der Waals surface area contributed by atoms with E-state index in [1.165, 1.54) is 0 Å². The highest BCUT2D eigenvalue weighted by Crippen LogP contribution is 2.44. The van der Waals surface area contributed by atoms with E-state index in [1.54, 1.807) is 14.2 Å². The zero-order valence-electron chi connectivity index (χ0n) is 9.15. The van der Waals surface area contributed by atoms with Crippen LogP contribution >= 0.6 is 0 Å². The topological polar surface area (TPSA) is 36.9 Å². The summed E-state index contributed by atoms with van der Waals surface area (Å²) in [6, 6.07) is 0. The summed E-state index contributed by atoms with van der Waals surface area (Å²) in [6.45, 7) is 4.57. The zero-order valence-corrected chi connectivity index (χ0v) is 9.15. The minimum Gasteiger partial charge on any atom is -0.379 e. The smallest absolute Gasteiger partial charge is 0.146 e. The molecule has 0 aliphatic carbocycles. The molecule has 0 amide bonds. The van der Waals surface area contributed by atoms with Crippen LogP contribution in [0.1, 0.15) is 13.8 Å². The van der Waals surface area contributed by atoms with Gasteiger partial charge in [-0.1, -0.05) is 0 Å². The molecule has 0 spiro atoms. The van der Waals surface area contributed by atoms with Gasteiger partial charge in [0.25, 0.3) is 0 Å². The first kappa shape index (κ1) is 10.4. The predicted octanol–water partition coefficient (Wildman–Crippen LogP) is 0.593. The monoisotopic (exact) mass is 202 g/mol. The molecule has 2 rings (SSSR count). The van der Waals surface area contributed by atoms with E-state index in [-0.39, 0.29) is 24.4 Å². The fourth-order valence-corrected chi connectivity index (χ4v) is 2.55. The summed E-state index contributed by atoms with van der Waals surface area (Å²) in [5.41, 5.74) is -0.409. The Morgan fingerprint density at radius 2 is 2.14 bits per heavy atom. The Balaban J connectivity index is 2.24. The second-order valence-corrected chi connectivity index (χ2v) is 4.09. The Hall–Kier alpha value is -0.160. The highest BCUT2D eigenvalue weighted by atomic mass is 16.7. The molecule has 0 radical (unpaired) electrons. The molecule has 0 aromatic rings. The SMILES string of the molecule is COC(C)[C@]12CO[C@@H](C1OC)[C@H](C)O2. The molecule has 2 heterocycles. The lowest BCUT2D eigenvalue weighted by Gasteiger charge is -2.34. The first-order valence-electron chi connectivity index (χ1n) is 5.00. The van der Waals surface area contributed by atoms with E-state index < -0.39 is 5.60 Å². The van der Waals surface area contributed by atoms with E-state index in [4.69, 9.17) is 18.9 Å². The van der Waals surface area contributed by atoms with Gasteiger partial charge in [0, 0.05) is 14.2 Å². The third-order valence-electron chi connectivity index (χ3n) is 3.44. The molecule has 2 fully saturated rings. The fraction of sp³-hybridized carbons (Fsp3) is 1.00. The van der Waals surface area contributed by atoms with Crippen LogP contribution < -0.4 is 0 Å². The van der Waals surface area contributed by atoms with Crippen molar-refractivity contribution < 1.29 is 18.9 Å². The van der Waals surface area contributed by atoms with Gasteiger partial charge < -0.3 is 18.9 Å². The Labute approximate surface area is 84.5 Å². The number of hydrogen-bond acceptors (Lipinski definition) is 4. The van der Waals surface area contributed by atoms with E-state index in [0.29, 0.717) is 6.61 Å². The van der Waals surface area contributed by atoms with Crippen molar-refractivity contribution in [2.24, 2.45) is 0 Å². The first-order valence-corrected chi connectivity index (χ1v) is 5.00. The molecule has 4 nitrogen and oxygen atoms in total. The molecular weight excluding hydrogens is 184 g/mol. The molecule has 0 aromatic carbocycles. The van der Waals surface area contributed by atoms with E-state index in [9.17, 15) is 0 Å².